The van der Waals surface area contributed by atoms with Crippen molar-refractivity contribution in [3.8, 4) is 0 Å². The molecule has 19 heavy (non-hydrogen) atoms. The largest absolute Gasteiger partial charge is 0.252 e. The molecule has 0 amide bonds. The Morgan fingerprint density at radius 3 is 1.68 bits per heavy atom. The van der Waals surface area contributed by atoms with Crippen molar-refractivity contribution in [2.75, 3.05) is 0 Å². The third kappa shape index (κ3) is 1.43. The van der Waals surface area contributed by atoms with Gasteiger partial charge in [-0.25, -0.2) is 0 Å². The van der Waals surface area contributed by atoms with Crippen molar-refractivity contribution in [2.24, 2.45) is 15.4 Å². The fraction of sp³-hybridized carbons (Fsp3) is 0.176. The zero-order chi connectivity index (χ0) is 13.0. The highest BCUT2D eigenvalue weighted by atomic mass is 14.9. The minimum absolute atomic E-state index is 0.155. The first-order valence-corrected chi connectivity index (χ1v) is 6.54. The van der Waals surface area contributed by atoms with Crippen molar-refractivity contribution >= 4 is 11.4 Å². The fourth-order valence-electron chi connectivity index (χ4n) is 2.69. The first kappa shape index (κ1) is 10.7. The van der Waals surface area contributed by atoms with Crippen LogP contribution >= 0.6 is 0 Å². The van der Waals surface area contributed by atoms with Gasteiger partial charge in [-0.2, -0.15) is 0 Å². The Hall–Kier alpha value is -2.22. The van der Waals surface area contributed by atoms with Crippen LogP contribution in [-0.4, -0.2) is 11.4 Å². The van der Waals surface area contributed by atoms with Crippen molar-refractivity contribution in [1.82, 2.24) is 0 Å². The van der Waals surface area contributed by atoms with Gasteiger partial charge in [0.15, 0.2) is 0 Å². The zero-order valence-corrected chi connectivity index (χ0v) is 11.0. The van der Waals surface area contributed by atoms with Crippen molar-refractivity contribution in [3.05, 3.63) is 71.1 Å². The van der Waals surface area contributed by atoms with E-state index in [-0.39, 0.29) is 5.41 Å². The minimum Gasteiger partial charge on any atom is -0.252 e. The Morgan fingerprint density at radius 1 is 0.789 bits per heavy atom. The lowest BCUT2D eigenvalue weighted by molar-refractivity contribution is 0.736. The Morgan fingerprint density at radius 2 is 1.26 bits per heavy atom. The van der Waals surface area contributed by atoms with E-state index >= 15 is 0 Å². The van der Waals surface area contributed by atoms with E-state index in [9.17, 15) is 0 Å². The summed E-state index contributed by atoms with van der Waals surface area (Å²) >= 11 is 0. The summed E-state index contributed by atoms with van der Waals surface area (Å²) in [7, 11) is 0. The van der Waals surface area contributed by atoms with E-state index < -0.39 is 0 Å². The molecule has 0 aromatic heterocycles. The lowest BCUT2D eigenvalue weighted by atomic mass is 9.81. The smallest absolute Gasteiger partial charge is 0.0706 e. The van der Waals surface area contributed by atoms with Gasteiger partial charge in [0.25, 0.3) is 0 Å². The second-order valence-electron chi connectivity index (χ2n) is 5.64. The number of fused-ring (bicyclic) bond motifs is 2. The molecule has 2 aliphatic carbocycles. The first-order chi connectivity index (χ1) is 9.14. The van der Waals surface area contributed by atoms with Crippen LogP contribution in [0, 0.1) is 5.41 Å². The van der Waals surface area contributed by atoms with Crippen LogP contribution in [0.25, 0.3) is 0 Å². The van der Waals surface area contributed by atoms with Gasteiger partial charge < -0.3 is 0 Å². The molecule has 4 rings (SSSR count). The predicted octanol–water partition coefficient (Wildman–Crippen LogP) is 3.68. The molecule has 92 valence electrons. The van der Waals surface area contributed by atoms with Crippen LogP contribution in [0.1, 0.15) is 13.8 Å². The Labute approximate surface area is 112 Å². The van der Waals surface area contributed by atoms with Gasteiger partial charge in [-0.3, -0.25) is 9.98 Å². The van der Waals surface area contributed by atoms with E-state index in [2.05, 4.69) is 50.3 Å². The van der Waals surface area contributed by atoms with E-state index in [0.717, 1.165) is 22.8 Å². The van der Waals surface area contributed by atoms with Crippen LogP contribution in [0.15, 0.2) is 81.1 Å². The molecule has 0 atom stereocenters. The molecule has 0 aromatic carbocycles. The van der Waals surface area contributed by atoms with E-state index in [4.69, 9.17) is 9.98 Å². The maximum atomic E-state index is 4.74. The van der Waals surface area contributed by atoms with Crippen molar-refractivity contribution < 1.29 is 0 Å². The van der Waals surface area contributed by atoms with Crippen LogP contribution < -0.4 is 0 Å². The number of rotatable bonds is 2. The topological polar surface area (TPSA) is 24.7 Å². The molecule has 0 unspecified atom stereocenters. The summed E-state index contributed by atoms with van der Waals surface area (Å²) in [6, 6.07) is 0. The van der Waals surface area contributed by atoms with Crippen LogP contribution in [0.5, 0.6) is 0 Å². The number of hydrogen-bond donors (Lipinski definition) is 0. The summed E-state index contributed by atoms with van der Waals surface area (Å²) in [5.41, 5.74) is 6.62. The number of nitrogens with zero attached hydrogens (tertiary/aromatic N) is 2. The van der Waals surface area contributed by atoms with Crippen molar-refractivity contribution in [3.63, 3.8) is 0 Å². The molecule has 2 aliphatic heterocycles. The van der Waals surface area contributed by atoms with E-state index in [1.165, 1.54) is 11.1 Å². The number of aliphatic imine (C=N–C) groups is 2. The quantitative estimate of drug-likeness (QED) is 0.710. The minimum atomic E-state index is -0.155. The van der Waals surface area contributed by atoms with Gasteiger partial charge in [-0.1, -0.05) is 24.3 Å². The van der Waals surface area contributed by atoms with Crippen LogP contribution in [-0.2, 0) is 0 Å². The Kier molecular flexibility index (Phi) is 1.92. The van der Waals surface area contributed by atoms with Gasteiger partial charge in [0.1, 0.15) is 0 Å². The van der Waals surface area contributed by atoms with Gasteiger partial charge in [0.2, 0.25) is 0 Å². The standard InChI is InChI=1S/C17H14N2/c1-17(2,15-9-11-5-3-7-13(11)18-15)16-10-12-6-4-8-14(12)19-16/h3-10H,1-2H3. The average Bonchev–Trinajstić information content (AvgIpc) is 3.07. The summed E-state index contributed by atoms with van der Waals surface area (Å²) in [6.45, 7) is 4.38. The molecule has 0 aromatic rings. The molecule has 0 bridgehead atoms. The Balaban J connectivity index is 1.73. The first-order valence-electron chi connectivity index (χ1n) is 6.54. The van der Waals surface area contributed by atoms with E-state index in [1.54, 1.807) is 0 Å². The van der Waals surface area contributed by atoms with E-state index in [1.807, 2.05) is 12.2 Å². The molecule has 0 fully saturated rings. The van der Waals surface area contributed by atoms with Crippen molar-refractivity contribution in [1.29, 1.82) is 0 Å². The average molecular weight is 246 g/mol. The second kappa shape index (κ2) is 3.41. The molecule has 2 heteroatoms. The number of allylic oxidation sites excluding steroid dienone is 8. The molecule has 0 radical (unpaired) electrons. The monoisotopic (exact) mass is 246 g/mol. The predicted molar refractivity (Wildman–Crippen MR) is 79.3 cm³/mol. The second-order valence-corrected chi connectivity index (χ2v) is 5.64. The molecule has 0 N–H and O–H groups in total. The normalized spacial score (nSPS) is 22.6. The van der Waals surface area contributed by atoms with Crippen LogP contribution in [0.2, 0.25) is 0 Å². The molecular weight excluding hydrogens is 232 g/mol. The zero-order valence-electron chi connectivity index (χ0n) is 11.0. The van der Waals surface area contributed by atoms with Gasteiger partial charge >= 0.3 is 0 Å². The van der Waals surface area contributed by atoms with Crippen molar-refractivity contribution in [2.45, 2.75) is 13.8 Å². The maximum Gasteiger partial charge on any atom is 0.0706 e. The lowest BCUT2D eigenvalue weighted by Gasteiger charge is -2.22. The lowest BCUT2D eigenvalue weighted by Crippen LogP contribution is -2.30. The third-order valence-corrected chi connectivity index (χ3v) is 4.00. The summed E-state index contributed by atoms with van der Waals surface area (Å²) in [4.78, 5) is 9.47. The molecule has 0 saturated heterocycles. The highest BCUT2D eigenvalue weighted by Crippen LogP contribution is 2.37. The van der Waals surface area contributed by atoms with Gasteiger partial charge in [-0.15, -0.1) is 0 Å². The molecule has 0 saturated carbocycles. The summed E-state index contributed by atoms with van der Waals surface area (Å²) in [6.07, 6.45) is 16.8. The van der Waals surface area contributed by atoms with Gasteiger partial charge in [0, 0.05) is 16.6 Å². The SMILES string of the molecule is CC(C)(C1=NC2=CC=CC2=C1)C1=NC2=CC=CC2=C1. The Bertz CT molecular complexity index is 667. The molecular formula is C17H14N2. The van der Waals surface area contributed by atoms with E-state index in [0.29, 0.717) is 0 Å². The summed E-state index contributed by atoms with van der Waals surface area (Å²) in [5, 5.41) is 0. The fourth-order valence-corrected chi connectivity index (χ4v) is 2.69. The maximum absolute atomic E-state index is 4.74. The molecule has 4 aliphatic rings. The molecule has 2 heterocycles. The third-order valence-electron chi connectivity index (χ3n) is 4.00. The highest BCUT2D eigenvalue weighted by Gasteiger charge is 2.34. The highest BCUT2D eigenvalue weighted by molar-refractivity contribution is 6.22. The summed E-state index contributed by atoms with van der Waals surface area (Å²) in [5.74, 6) is 0. The number of hydrogen-bond acceptors (Lipinski definition) is 2. The molecule has 0 spiro atoms. The van der Waals surface area contributed by atoms with Gasteiger partial charge in [0.05, 0.1) is 22.8 Å². The molecule has 2 nitrogen and oxygen atoms in total. The van der Waals surface area contributed by atoms with Crippen LogP contribution in [0.4, 0.5) is 0 Å². The van der Waals surface area contributed by atoms with Crippen LogP contribution in [0.3, 0.4) is 0 Å². The van der Waals surface area contributed by atoms with Gasteiger partial charge in [-0.05, 0) is 38.2 Å². The summed E-state index contributed by atoms with van der Waals surface area (Å²) < 4.78 is 0.